The van der Waals surface area contributed by atoms with Crippen LogP contribution in [0.15, 0.2) is 35.5 Å². The molecule has 70 valence electrons. The molecular weight excluding hydrogens is 186 g/mol. The molecule has 0 N–H and O–H groups in total. The second-order valence-corrected chi connectivity index (χ2v) is 3.70. The van der Waals surface area contributed by atoms with Crippen molar-refractivity contribution in [1.82, 2.24) is 9.38 Å². The first-order valence-electron chi connectivity index (χ1n) is 4.86. The molecule has 3 nitrogen and oxygen atoms in total. The van der Waals surface area contributed by atoms with Gasteiger partial charge in [-0.15, -0.1) is 0 Å². The lowest BCUT2D eigenvalue weighted by Crippen LogP contribution is -1.99. The number of hydrogen-bond acceptors (Lipinski definition) is 2. The molecule has 0 saturated heterocycles. The van der Waals surface area contributed by atoms with E-state index in [1.54, 1.807) is 0 Å². The van der Waals surface area contributed by atoms with Gasteiger partial charge in [-0.2, -0.15) is 0 Å². The quantitative estimate of drug-likeness (QED) is 0.530. The largest absolute Gasteiger partial charge is 0.298 e. The van der Waals surface area contributed by atoms with E-state index in [0.717, 1.165) is 27.5 Å². The zero-order chi connectivity index (χ0) is 9.83. The van der Waals surface area contributed by atoms with Crippen molar-refractivity contribution in [1.29, 1.82) is 0 Å². The standard InChI is InChI=1S/C12H7N3/c1-2-4-11-10(3-1)14-12-9-6-13-5-8(9)7-15(11)12/h1-7H. The fraction of sp³-hybridized carbons (Fsp3) is 0. The Hall–Kier alpha value is -2.16. The number of benzene rings is 1. The Morgan fingerprint density at radius 2 is 2.07 bits per heavy atom. The van der Waals surface area contributed by atoms with Gasteiger partial charge in [0.2, 0.25) is 0 Å². The summed E-state index contributed by atoms with van der Waals surface area (Å²) in [7, 11) is 0. The molecule has 0 fully saturated rings. The lowest BCUT2D eigenvalue weighted by molar-refractivity contribution is 1.27. The summed E-state index contributed by atoms with van der Waals surface area (Å²) in [4.78, 5) is 8.73. The van der Waals surface area contributed by atoms with Gasteiger partial charge in [0, 0.05) is 29.4 Å². The predicted molar refractivity (Wildman–Crippen MR) is 60.0 cm³/mol. The van der Waals surface area contributed by atoms with Gasteiger partial charge in [-0.3, -0.25) is 9.39 Å². The Kier molecular flexibility index (Phi) is 1.08. The van der Waals surface area contributed by atoms with Gasteiger partial charge in [0.25, 0.3) is 0 Å². The maximum atomic E-state index is 4.60. The average molecular weight is 193 g/mol. The molecule has 3 aromatic rings. The molecule has 1 aliphatic heterocycles. The van der Waals surface area contributed by atoms with Gasteiger partial charge in [0.15, 0.2) is 0 Å². The van der Waals surface area contributed by atoms with Crippen LogP contribution in [0, 0.1) is 0 Å². The average Bonchev–Trinajstić information content (AvgIpc) is 2.87. The lowest BCUT2D eigenvalue weighted by Gasteiger charge is -1.87. The van der Waals surface area contributed by atoms with E-state index >= 15 is 0 Å². The zero-order valence-electron chi connectivity index (χ0n) is 7.88. The highest BCUT2D eigenvalue weighted by molar-refractivity contribution is 5.91. The van der Waals surface area contributed by atoms with Gasteiger partial charge in [-0.25, -0.2) is 4.98 Å². The minimum absolute atomic E-state index is 1.00. The Bertz CT molecular complexity index is 765. The third-order valence-electron chi connectivity index (χ3n) is 2.83. The molecule has 3 heteroatoms. The maximum absolute atomic E-state index is 4.60. The van der Waals surface area contributed by atoms with Crippen LogP contribution in [0.5, 0.6) is 0 Å². The monoisotopic (exact) mass is 193 g/mol. The second kappa shape index (κ2) is 2.25. The molecule has 1 aromatic carbocycles. The molecule has 0 bridgehead atoms. The molecular formula is C12H7N3. The van der Waals surface area contributed by atoms with E-state index < -0.39 is 0 Å². The Labute approximate surface area is 85.4 Å². The Morgan fingerprint density at radius 1 is 1.13 bits per heavy atom. The number of rotatable bonds is 0. The van der Waals surface area contributed by atoms with Crippen molar-refractivity contribution in [2.24, 2.45) is 4.99 Å². The summed E-state index contributed by atoms with van der Waals surface area (Å²) in [6.07, 6.45) is 5.84. The zero-order valence-corrected chi connectivity index (χ0v) is 7.88. The number of aromatic nitrogens is 2. The van der Waals surface area contributed by atoms with Crippen molar-refractivity contribution in [3.05, 3.63) is 41.2 Å². The van der Waals surface area contributed by atoms with Crippen LogP contribution >= 0.6 is 0 Å². The Morgan fingerprint density at radius 3 is 3.07 bits per heavy atom. The molecule has 0 atom stereocenters. The molecule has 0 saturated carbocycles. The first-order valence-corrected chi connectivity index (χ1v) is 4.86. The molecule has 0 unspecified atom stereocenters. The fourth-order valence-corrected chi connectivity index (χ4v) is 2.13. The third-order valence-corrected chi connectivity index (χ3v) is 2.83. The fourth-order valence-electron chi connectivity index (χ4n) is 2.13. The van der Waals surface area contributed by atoms with Crippen LogP contribution in [0.1, 0.15) is 5.56 Å². The van der Waals surface area contributed by atoms with Gasteiger partial charge in [0.1, 0.15) is 5.65 Å². The second-order valence-electron chi connectivity index (χ2n) is 3.70. The molecule has 1 aliphatic rings. The summed E-state index contributed by atoms with van der Waals surface area (Å²) >= 11 is 0. The highest BCUT2D eigenvalue weighted by atomic mass is 15.0. The summed E-state index contributed by atoms with van der Waals surface area (Å²) < 4.78 is 2.13. The molecule has 0 spiro atoms. The minimum Gasteiger partial charge on any atom is -0.298 e. The molecule has 15 heavy (non-hydrogen) atoms. The van der Waals surface area contributed by atoms with Crippen LogP contribution in [0.2, 0.25) is 0 Å². The van der Waals surface area contributed by atoms with Crippen LogP contribution < -0.4 is 5.22 Å². The normalized spacial score (nSPS) is 13.6. The molecule has 0 radical (unpaired) electrons. The summed E-state index contributed by atoms with van der Waals surface area (Å²) in [6, 6.07) is 8.16. The van der Waals surface area contributed by atoms with Gasteiger partial charge >= 0.3 is 0 Å². The summed E-state index contributed by atoms with van der Waals surface area (Å²) in [5.74, 6) is 0. The van der Waals surface area contributed by atoms with E-state index in [4.69, 9.17) is 0 Å². The number of fused-ring (bicyclic) bond motifs is 5. The van der Waals surface area contributed by atoms with Crippen LogP contribution in [0.25, 0.3) is 22.9 Å². The van der Waals surface area contributed by atoms with E-state index in [9.17, 15) is 0 Å². The van der Waals surface area contributed by atoms with E-state index in [0.29, 0.717) is 0 Å². The van der Waals surface area contributed by atoms with Gasteiger partial charge in [0.05, 0.1) is 11.0 Å². The molecule has 0 aliphatic carbocycles. The predicted octanol–water partition coefficient (Wildman–Crippen LogP) is 1.38. The van der Waals surface area contributed by atoms with Crippen molar-refractivity contribution in [2.75, 3.05) is 0 Å². The topological polar surface area (TPSA) is 29.7 Å². The number of aliphatic imine (C=N–C) groups is 1. The highest BCUT2D eigenvalue weighted by Gasteiger charge is 2.11. The van der Waals surface area contributed by atoms with E-state index in [1.165, 1.54) is 0 Å². The smallest absolute Gasteiger partial charge is 0.147 e. The molecule has 3 heterocycles. The third kappa shape index (κ3) is 0.760. The van der Waals surface area contributed by atoms with Gasteiger partial charge < -0.3 is 0 Å². The number of para-hydroxylation sites is 2. The van der Waals surface area contributed by atoms with Crippen molar-refractivity contribution in [3.8, 4) is 0 Å². The molecule has 0 amide bonds. The summed E-state index contributed by atoms with van der Waals surface area (Å²) in [5, 5.41) is 1.13. The number of hydrogen-bond donors (Lipinski definition) is 0. The highest BCUT2D eigenvalue weighted by Crippen LogP contribution is 2.16. The molecule has 2 aromatic heterocycles. The van der Waals surface area contributed by atoms with Gasteiger partial charge in [-0.05, 0) is 12.1 Å². The van der Waals surface area contributed by atoms with Crippen LogP contribution in [0.3, 0.4) is 0 Å². The van der Waals surface area contributed by atoms with E-state index in [-0.39, 0.29) is 0 Å². The van der Waals surface area contributed by atoms with E-state index in [1.807, 2.05) is 30.6 Å². The minimum atomic E-state index is 1.00. The van der Waals surface area contributed by atoms with Crippen LogP contribution in [-0.2, 0) is 0 Å². The van der Waals surface area contributed by atoms with Gasteiger partial charge in [-0.1, -0.05) is 12.1 Å². The first-order chi connectivity index (χ1) is 7.43. The number of imidazole rings is 1. The van der Waals surface area contributed by atoms with Crippen LogP contribution in [-0.4, -0.2) is 15.6 Å². The van der Waals surface area contributed by atoms with Crippen molar-refractivity contribution >= 4 is 29.1 Å². The summed E-state index contributed by atoms with van der Waals surface area (Å²) in [5.41, 5.74) is 4.35. The lowest BCUT2D eigenvalue weighted by atomic mass is 10.3. The van der Waals surface area contributed by atoms with E-state index in [2.05, 4.69) is 26.6 Å². The number of nitrogens with zero attached hydrogens (tertiary/aromatic N) is 3. The van der Waals surface area contributed by atoms with Crippen molar-refractivity contribution in [2.45, 2.75) is 0 Å². The first kappa shape index (κ1) is 7.17. The Balaban J connectivity index is 2.35. The SMILES string of the molecule is C1=NC=c2c1cn1c2nc2ccccc21. The maximum Gasteiger partial charge on any atom is 0.147 e. The van der Waals surface area contributed by atoms with Crippen molar-refractivity contribution in [3.63, 3.8) is 0 Å². The van der Waals surface area contributed by atoms with Crippen LogP contribution in [0.4, 0.5) is 0 Å². The summed E-state index contributed by atoms with van der Waals surface area (Å²) in [6.45, 7) is 0. The molecule has 4 rings (SSSR count). The van der Waals surface area contributed by atoms with Crippen molar-refractivity contribution < 1.29 is 0 Å².